The highest BCUT2D eigenvalue weighted by molar-refractivity contribution is 14.0. The van der Waals surface area contributed by atoms with Crippen LogP contribution in [0.2, 0.25) is 5.02 Å². The van der Waals surface area contributed by atoms with E-state index in [0.29, 0.717) is 36.3 Å². The molecule has 0 atom stereocenters. The van der Waals surface area contributed by atoms with Crippen LogP contribution in [-0.4, -0.2) is 37.2 Å². The molecule has 2 heterocycles. The molecule has 0 radical (unpaired) electrons. The fourth-order valence-corrected chi connectivity index (χ4v) is 3.92. The fourth-order valence-electron chi connectivity index (χ4n) is 2.70. The van der Waals surface area contributed by atoms with E-state index in [0.717, 1.165) is 41.7 Å². The monoisotopic (exact) mass is 536 g/mol. The topological polar surface area (TPSA) is 67.8 Å². The number of halogens is 2. The van der Waals surface area contributed by atoms with Gasteiger partial charge in [-0.2, -0.15) is 0 Å². The molecule has 0 unspecified atom stereocenters. The zero-order valence-corrected chi connectivity index (χ0v) is 20.2. The molecule has 0 bridgehead atoms. The third-order valence-electron chi connectivity index (χ3n) is 4.12. The Morgan fingerprint density at radius 1 is 1.25 bits per heavy atom. The Morgan fingerprint density at radius 3 is 2.75 bits per heavy atom. The van der Waals surface area contributed by atoms with Gasteiger partial charge in [0, 0.05) is 24.4 Å². The number of guanidine groups is 1. The maximum Gasteiger partial charge on any atom is 0.191 e. The molecule has 2 N–H and O–H groups in total. The van der Waals surface area contributed by atoms with Crippen molar-refractivity contribution in [1.82, 2.24) is 15.6 Å². The Balaban J connectivity index is 0.00000280. The van der Waals surface area contributed by atoms with Gasteiger partial charge in [0.25, 0.3) is 0 Å². The molecule has 1 aliphatic heterocycles. The lowest BCUT2D eigenvalue weighted by atomic mass is 10.2. The van der Waals surface area contributed by atoms with Gasteiger partial charge in [0.15, 0.2) is 17.5 Å². The van der Waals surface area contributed by atoms with Gasteiger partial charge >= 0.3 is 0 Å². The number of aryl methyl sites for hydroxylation is 2. The second-order valence-electron chi connectivity index (χ2n) is 6.22. The van der Waals surface area contributed by atoms with Crippen molar-refractivity contribution < 1.29 is 9.47 Å². The Hall–Kier alpha value is -1.26. The zero-order valence-electron chi connectivity index (χ0n) is 16.3. The van der Waals surface area contributed by atoms with Crippen LogP contribution in [-0.2, 0) is 13.0 Å². The molecule has 3 rings (SSSR count). The van der Waals surface area contributed by atoms with E-state index in [9.17, 15) is 0 Å². The number of hydrogen-bond acceptors (Lipinski definition) is 5. The van der Waals surface area contributed by atoms with Crippen molar-refractivity contribution in [3.8, 4) is 11.5 Å². The minimum atomic E-state index is 0. The number of thiazole rings is 1. The second-order valence-corrected chi connectivity index (χ2v) is 7.92. The molecule has 1 aromatic heterocycles. The Kier molecular flexibility index (Phi) is 9.10. The largest absolute Gasteiger partial charge is 0.486 e. The molecule has 0 aliphatic carbocycles. The van der Waals surface area contributed by atoms with Gasteiger partial charge in [-0.25, -0.2) is 9.98 Å². The van der Waals surface area contributed by atoms with Crippen molar-refractivity contribution in [2.75, 3.05) is 26.3 Å². The zero-order chi connectivity index (χ0) is 19.2. The normalized spacial score (nSPS) is 13.1. The number of fused-ring (bicyclic) bond motifs is 1. The molecule has 0 fully saturated rings. The molecule has 0 amide bonds. The van der Waals surface area contributed by atoms with Crippen LogP contribution in [0.1, 0.15) is 28.1 Å². The van der Waals surface area contributed by atoms with Crippen LogP contribution in [0.5, 0.6) is 11.5 Å². The smallest absolute Gasteiger partial charge is 0.191 e. The molecule has 6 nitrogen and oxygen atoms in total. The number of nitrogens with one attached hydrogen (secondary N) is 2. The third kappa shape index (κ3) is 6.12. The van der Waals surface area contributed by atoms with Crippen molar-refractivity contribution in [2.24, 2.45) is 4.99 Å². The number of nitrogens with zero attached hydrogens (tertiary/aromatic N) is 2. The second kappa shape index (κ2) is 11.1. The van der Waals surface area contributed by atoms with Crippen LogP contribution in [0.25, 0.3) is 0 Å². The summed E-state index contributed by atoms with van der Waals surface area (Å²) in [6.07, 6.45) is 0.875. The van der Waals surface area contributed by atoms with Gasteiger partial charge < -0.3 is 20.1 Å². The van der Waals surface area contributed by atoms with E-state index in [2.05, 4.69) is 27.5 Å². The number of aliphatic imine (C=N–C) groups is 1. The summed E-state index contributed by atoms with van der Waals surface area (Å²) in [4.78, 5) is 10.5. The van der Waals surface area contributed by atoms with Crippen LogP contribution in [0.4, 0.5) is 0 Å². The number of ether oxygens (including phenoxy) is 2. The first kappa shape index (κ1) is 23.0. The van der Waals surface area contributed by atoms with Crippen LogP contribution in [0.15, 0.2) is 17.1 Å². The van der Waals surface area contributed by atoms with Crippen molar-refractivity contribution >= 4 is 52.9 Å². The highest BCUT2D eigenvalue weighted by Crippen LogP contribution is 2.38. The molecule has 2 aromatic rings. The van der Waals surface area contributed by atoms with E-state index >= 15 is 0 Å². The molecule has 9 heteroatoms. The SMILES string of the molecule is CCNC(=NCc1cc(Cl)c2c(c1)OCCO2)NCCc1nc(C)c(C)s1.I. The number of aromatic nitrogens is 1. The Morgan fingerprint density at radius 2 is 2.04 bits per heavy atom. The summed E-state index contributed by atoms with van der Waals surface area (Å²) in [7, 11) is 0. The predicted octanol–water partition coefficient (Wildman–Crippen LogP) is 4.10. The van der Waals surface area contributed by atoms with E-state index in [-0.39, 0.29) is 24.0 Å². The van der Waals surface area contributed by atoms with Gasteiger partial charge in [-0.15, -0.1) is 35.3 Å². The average Bonchev–Trinajstić information content (AvgIpc) is 2.97. The van der Waals surface area contributed by atoms with E-state index in [1.54, 1.807) is 11.3 Å². The van der Waals surface area contributed by atoms with Gasteiger partial charge in [0.1, 0.15) is 13.2 Å². The standard InChI is InChI=1S/C19H25ClN4O2S.HI/c1-4-21-19(22-6-5-17-24-12(2)13(3)27-17)23-11-14-9-15(20)18-16(10-14)25-7-8-26-18;/h9-10H,4-8,11H2,1-3H3,(H2,21,22,23);1H. The lowest BCUT2D eigenvalue weighted by molar-refractivity contribution is 0.171. The van der Waals surface area contributed by atoms with E-state index in [4.69, 9.17) is 21.1 Å². The van der Waals surface area contributed by atoms with Gasteiger partial charge in [-0.05, 0) is 38.5 Å². The molecule has 0 saturated heterocycles. The van der Waals surface area contributed by atoms with Gasteiger partial charge in [-0.3, -0.25) is 0 Å². The summed E-state index contributed by atoms with van der Waals surface area (Å²) >= 11 is 8.05. The lowest BCUT2D eigenvalue weighted by Crippen LogP contribution is -2.38. The minimum Gasteiger partial charge on any atom is -0.486 e. The van der Waals surface area contributed by atoms with Crippen LogP contribution < -0.4 is 20.1 Å². The summed E-state index contributed by atoms with van der Waals surface area (Å²) in [5, 5.41) is 8.33. The molecular weight excluding hydrogens is 511 g/mol. The number of rotatable bonds is 6. The highest BCUT2D eigenvalue weighted by Gasteiger charge is 2.16. The lowest BCUT2D eigenvalue weighted by Gasteiger charge is -2.20. The summed E-state index contributed by atoms with van der Waals surface area (Å²) < 4.78 is 11.2. The molecule has 1 aromatic carbocycles. The summed E-state index contributed by atoms with van der Waals surface area (Å²) in [6.45, 7) is 9.34. The minimum absolute atomic E-state index is 0. The predicted molar refractivity (Wildman–Crippen MR) is 126 cm³/mol. The highest BCUT2D eigenvalue weighted by atomic mass is 127. The number of benzene rings is 1. The maximum atomic E-state index is 6.30. The first-order valence-corrected chi connectivity index (χ1v) is 10.3. The number of hydrogen-bond donors (Lipinski definition) is 2. The summed E-state index contributed by atoms with van der Waals surface area (Å²) in [5.74, 6) is 2.08. The summed E-state index contributed by atoms with van der Waals surface area (Å²) in [5.41, 5.74) is 2.10. The van der Waals surface area contributed by atoms with Crippen LogP contribution >= 0.6 is 46.9 Å². The third-order valence-corrected chi connectivity index (χ3v) is 5.54. The van der Waals surface area contributed by atoms with Gasteiger partial charge in [-0.1, -0.05) is 11.6 Å². The van der Waals surface area contributed by atoms with Crippen molar-refractivity contribution in [3.63, 3.8) is 0 Å². The fraction of sp³-hybridized carbons (Fsp3) is 0.474. The van der Waals surface area contributed by atoms with Crippen molar-refractivity contribution in [2.45, 2.75) is 33.7 Å². The van der Waals surface area contributed by atoms with E-state index in [1.807, 2.05) is 26.0 Å². The first-order valence-electron chi connectivity index (χ1n) is 9.10. The molecule has 154 valence electrons. The Bertz CT molecular complexity index is 809. The van der Waals surface area contributed by atoms with Crippen LogP contribution in [0.3, 0.4) is 0 Å². The van der Waals surface area contributed by atoms with Gasteiger partial charge in [0.2, 0.25) is 0 Å². The quantitative estimate of drug-likeness (QED) is 0.331. The average molecular weight is 537 g/mol. The molecular formula is C19H26ClIN4O2S. The van der Waals surface area contributed by atoms with E-state index in [1.165, 1.54) is 4.88 Å². The van der Waals surface area contributed by atoms with Gasteiger partial charge in [0.05, 0.1) is 22.3 Å². The molecule has 0 spiro atoms. The van der Waals surface area contributed by atoms with Crippen molar-refractivity contribution in [1.29, 1.82) is 0 Å². The Labute approximate surface area is 192 Å². The molecule has 28 heavy (non-hydrogen) atoms. The van der Waals surface area contributed by atoms with Crippen LogP contribution in [0, 0.1) is 13.8 Å². The molecule has 1 aliphatic rings. The first-order chi connectivity index (χ1) is 13.1. The molecule has 0 saturated carbocycles. The summed E-state index contributed by atoms with van der Waals surface area (Å²) in [6, 6.07) is 3.82. The maximum absolute atomic E-state index is 6.30. The van der Waals surface area contributed by atoms with Crippen molar-refractivity contribution in [3.05, 3.63) is 38.3 Å². The van der Waals surface area contributed by atoms with E-state index < -0.39 is 0 Å².